The lowest BCUT2D eigenvalue weighted by atomic mass is 10.2. The van der Waals surface area contributed by atoms with E-state index in [-0.39, 0.29) is 15.6 Å². The Bertz CT molecular complexity index is 685. The lowest BCUT2D eigenvalue weighted by Crippen LogP contribution is -2.13. The molecule has 1 N–H and O–H groups in total. The third-order valence-corrected chi connectivity index (χ3v) is 5.12. The number of hydrogen-bond donors (Lipinski definition) is 1. The van der Waals surface area contributed by atoms with Crippen LogP contribution in [0.15, 0.2) is 39.9 Å². The average Bonchev–Trinajstić information content (AvgIpc) is 2.86. The van der Waals surface area contributed by atoms with Gasteiger partial charge in [0.15, 0.2) is 0 Å². The predicted octanol–water partition coefficient (Wildman–Crippen LogP) is 3.46. The lowest BCUT2D eigenvalue weighted by molar-refractivity contribution is -0.0493. The first-order valence-electron chi connectivity index (χ1n) is 5.50. The molecule has 0 atom stereocenters. The van der Waals surface area contributed by atoms with Gasteiger partial charge >= 0.3 is 6.61 Å². The molecule has 0 unspecified atom stereocenters. The molecule has 2 rings (SSSR count). The second kappa shape index (κ2) is 5.76. The zero-order valence-electron chi connectivity index (χ0n) is 10.3. The van der Waals surface area contributed by atoms with Crippen molar-refractivity contribution in [3.63, 3.8) is 0 Å². The van der Waals surface area contributed by atoms with Crippen LogP contribution in [0.25, 0.3) is 0 Å². The largest absolute Gasteiger partial charge is 0.433 e. The van der Waals surface area contributed by atoms with Crippen molar-refractivity contribution < 1.29 is 21.9 Å². The quantitative estimate of drug-likeness (QED) is 0.918. The molecule has 0 aliphatic heterocycles. The Kier molecular flexibility index (Phi) is 4.24. The highest BCUT2D eigenvalue weighted by Gasteiger charge is 2.18. The van der Waals surface area contributed by atoms with Crippen LogP contribution in [-0.2, 0) is 10.0 Å². The summed E-state index contributed by atoms with van der Waals surface area (Å²) in [5.74, 6) is -0.208. The summed E-state index contributed by atoms with van der Waals surface area (Å²) in [6, 6.07) is 7.35. The summed E-state index contributed by atoms with van der Waals surface area (Å²) in [5.41, 5.74) is 0.657. The Morgan fingerprint density at radius 1 is 1.30 bits per heavy atom. The molecule has 8 heteroatoms. The maximum Gasteiger partial charge on any atom is 0.387 e. The molecule has 1 aromatic heterocycles. The summed E-state index contributed by atoms with van der Waals surface area (Å²) in [6.07, 6.45) is 0. The van der Waals surface area contributed by atoms with Crippen molar-refractivity contribution in [3.8, 4) is 5.75 Å². The molecular weight excluding hydrogens is 308 g/mol. The van der Waals surface area contributed by atoms with E-state index >= 15 is 0 Å². The van der Waals surface area contributed by atoms with Crippen molar-refractivity contribution in [3.05, 3.63) is 41.3 Å². The first-order valence-corrected chi connectivity index (χ1v) is 7.86. The van der Waals surface area contributed by atoms with E-state index in [1.807, 2.05) is 0 Å². The molecule has 0 amide bonds. The number of alkyl halides is 2. The fourth-order valence-electron chi connectivity index (χ4n) is 1.52. The Hall–Kier alpha value is -1.67. The third kappa shape index (κ3) is 3.45. The smallest absolute Gasteiger partial charge is 0.387 e. The van der Waals surface area contributed by atoms with Crippen LogP contribution in [0.1, 0.15) is 5.56 Å². The molecule has 1 aromatic carbocycles. The van der Waals surface area contributed by atoms with Crippen molar-refractivity contribution >= 4 is 27.0 Å². The van der Waals surface area contributed by atoms with Crippen LogP contribution in [0.5, 0.6) is 5.75 Å². The van der Waals surface area contributed by atoms with E-state index in [2.05, 4.69) is 9.46 Å². The summed E-state index contributed by atoms with van der Waals surface area (Å²) in [7, 11) is -3.80. The van der Waals surface area contributed by atoms with Crippen LogP contribution in [0.3, 0.4) is 0 Å². The molecule has 0 spiro atoms. The van der Waals surface area contributed by atoms with Crippen molar-refractivity contribution in [2.24, 2.45) is 0 Å². The van der Waals surface area contributed by atoms with Crippen LogP contribution < -0.4 is 9.46 Å². The number of nitrogens with one attached hydrogen (secondary N) is 1. The summed E-state index contributed by atoms with van der Waals surface area (Å²) >= 11 is 1.03. The molecule has 0 saturated carbocycles. The van der Waals surface area contributed by atoms with E-state index < -0.39 is 16.6 Å². The Labute approximate surface area is 119 Å². The summed E-state index contributed by atoms with van der Waals surface area (Å²) in [4.78, 5) is 0. The number of benzene rings is 1. The number of hydrogen-bond acceptors (Lipinski definition) is 4. The van der Waals surface area contributed by atoms with Gasteiger partial charge in [0.1, 0.15) is 9.96 Å². The van der Waals surface area contributed by atoms with Crippen LogP contribution >= 0.6 is 11.3 Å². The zero-order valence-corrected chi connectivity index (χ0v) is 12.0. The van der Waals surface area contributed by atoms with Crippen molar-refractivity contribution in [1.82, 2.24) is 0 Å². The van der Waals surface area contributed by atoms with Gasteiger partial charge in [-0.1, -0.05) is 12.1 Å². The number of halogens is 2. The highest BCUT2D eigenvalue weighted by atomic mass is 32.2. The molecule has 108 valence electrons. The van der Waals surface area contributed by atoms with Crippen LogP contribution in [0.2, 0.25) is 0 Å². The highest BCUT2D eigenvalue weighted by Crippen LogP contribution is 2.30. The molecule has 0 aliphatic rings. The number of anilines is 1. The van der Waals surface area contributed by atoms with Gasteiger partial charge in [0.2, 0.25) is 0 Å². The van der Waals surface area contributed by atoms with Gasteiger partial charge in [-0.05, 0) is 36.1 Å². The zero-order chi connectivity index (χ0) is 14.8. The van der Waals surface area contributed by atoms with Gasteiger partial charge in [-0.15, -0.1) is 11.3 Å². The SMILES string of the molecule is Cc1ccc(NS(=O)(=O)c2cccs2)c(OC(F)F)c1. The standard InChI is InChI=1S/C12H11F2NO3S2/c1-8-4-5-9(10(7-8)18-12(13)14)15-20(16,17)11-3-2-6-19-11/h2-7,12,15H,1H3. The minimum absolute atomic E-state index is 0.0238. The topological polar surface area (TPSA) is 55.4 Å². The van der Waals surface area contributed by atoms with Gasteiger partial charge in [0.25, 0.3) is 10.0 Å². The Morgan fingerprint density at radius 3 is 2.65 bits per heavy atom. The van der Waals surface area contributed by atoms with Crippen LogP contribution in [-0.4, -0.2) is 15.0 Å². The van der Waals surface area contributed by atoms with E-state index in [1.165, 1.54) is 18.2 Å². The number of ether oxygens (including phenoxy) is 1. The van der Waals surface area contributed by atoms with E-state index in [4.69, 9.17) is 0 Å². The molecule has 1 heterocycles. The number of aryl methyl sites for hydroxylation is 1. The molecule has 4 nitrogen and oxygen atoms in total. The highest BCUT2D eigenvalue weighted by molar-refractivity contribution is 7.94. The van der Waals surface area contributed by atoms with Crippen LogP contribution in [0.4, 0.5) is 14.5 Å². The van der Waals surface area contributed by atoms with E-state index in [0.717, 1.165) is 11.3 Å². The van der Waals surface area contributed by atoms with Gasteiger partial charge in [0, 0.05) is 0 Å². The van der Waals surface area contributed by atoms with Gasteiger partial charge in [-0.25, -0.2) is 8.42 Å². The lowest BCUT2D eigenvalue weighted by Gasteiger charge is -2.13. The molecule has 0 bridgehead atoms. The molecule has 0 radical (unpaired) electrons. The fourth-order valence-corrected chi connectivity index (χ4v) is 3.58. The molecule has 0 saturated heterocycles. The second-order valence-corrected chi connectivity index (χ2v) is 6.77. The minimum atomic E-state index is -3.80. The first-order chi connectivity index (χ1) is 9.38. The molecule has 0 aliphatic carbocycles. The molecular formula is C12H11F2NO3S2. The summed E-state index contributed by atoms with van der Waals surface area (Å²) in [5, 5.41) is 1.61. The predicted molar refractivity (Wildman–Crippen MR) is 72.9 cm³/mol. The number of rotatable bonds is 5. The van der Waals surface area contributed by atoms with Gasteiger partial charge in [-0.3, -0.25) is 4.72 Å². The monoisotopic (exact) mass is 319 g/mol. The van der Waals surface area contributed by atoms with Gasteiger partial charge in [-0.2, -0.15) is 8.78 Å². The number of thiophene rings is 1. The average molecular weight is 319 g/mol. The van der Waals surface area contributed by atoms with E-state index in [9.17, 15) is 17.2 Å². The minimum Gasteiger partial charge on any atom is -0.433 e. The number of sulfonamides is 1. The van der Waals surface area contributed by atoms with Crippen molar-refractivity contribution in [2.45, 2.75) is 17.7 Å². The van der Waals surface area contributed by atoms with Crippen LogP contribution in [0, 0.1) is 6.92 Å². The summed E-state index contributed by atoms with van der Waals surface area (Å²) in [6.45, 7) is -1.34. The third-order valence-electron chi connectivity index (χ3n) is 2.36. The Morgan fingerprint density at radius 2 is 2.05 bits per heavy atom. The second-order valence-electron chi connectivity index (χ2n) is 3.92. The Balaban J connectivity index is 2.34. The molecule has 20 heavy (non-hydrogen) atoms. The maximum absolute atomic E-state index is 12.3. The summed E-state index contributed by atoms with van der Waals surface area (Å²) < 4.78 is 55.4. The van der Waals surface area contributed by atoms with Gasteiger partial charge in [0.05, 0.1) is 5.69 Å². The van der Waals surface area contributed by atoms with E-state index in [0.29, 0.717) is 5.56 Å². The van der Waals surface area contributed by atoms with Crippen molar-refractivity contribution in [2.75, 3.05) is 4.72 Å². The van der Waals surface area contributed by atoms with Crippen molar-refractivity contribution in [1.29, 1.82) is 0 Å². The maximum atomic E-state index is 12.3. The fraction of sp³-hybridized carbons (Fsp3) is 0.167. The normalized spacial score (nSPS) is 11.6. The first kappa shape index (κ1) is 14.7. The molecule has 2 aromatic rings. The van der Waals surface area contributed by atoms with E-state index in [1.54, 1.807) is 24.4 Å². The van der Waals surface area contributed by atoms with Gasteiger partial charge < -0.3 is 4.74 Å². The molecule has 0 fully saturated rings.